The second-order valence-corrected chi connectivity index (χ2v) is 7.89. The van der Waals surface area contributed by atoms with Crippen LogP contribution < -0.4 is 5.32 Å². The number of fused-ring (bicyclic) bond motifs is 1. The number of aromatic nitrogens is 4. The summed E-state index contributed by atoms with van der Waals surface area (Å²) in [5.74, 6) is -0.0721. The quantitative estimate of drug-likeness (QED) is 0.675. The maximum Gasteiger partial charge on any atom is 0.329 e. The van der Waals surface area contributed by atoms with Crippen molar-refractivity contribution in [3.8, 4) is 11.4 Å². The fourth-order valence-electron chi connectivity index (χ4n) is 2.70. The number of hydrogen-bond donors (Lipinski definition) is 1. The summed E-state index contributed by atoms with van der Waals surface area (Å²) >= 11 is 0. The molecule has 0 amide bonds. The monoisotopic (exact) mass is 385 g/mol. The fourth-order valence-corrected chi connectivity index (χ4v) is 2.70. The van der Waals surface area contributed by atoms with Gasteiger partial charge in [-0.3, -0.25) is 0 Å². The van der Waals surface area contributed by atoms with E-state index in [-0.39, 0.29) is 17.7 Å². The van der Waals surface area contributed by atoms with Crippen molar-refractivity contribution in [2.45, 2.75) is 46.3 Å². The number of carbonyl (C=O) groups excluding carboxylic acids is 1. The lowest BCUT2D eigenvalue weighted by Crippen LogP contribution is -2.40. The molecule has 1 aromatic carbocycles. The summed E-state index contributed by atoms with van der Waals surface area (Å²) in [5.41, 5.74) is 0.185. The lowest BCUT2D eigenvalue weighted by Gasteiger charge is -2.26. The highest BCUT2D eigenvalue weighted by atomic mass is 19.1. The highest BCUT2D eigenvalue weighted by molar-refractivity contribution is 5.79. The van der Waals surface area contributed by atoms with Crippen LogP contribution in [0.4, 0.5) is 10.2 Å². The number of halogens is 1. The zero-order valence-electron chi connectivity index (χ0n) is 16.6. The van der Waals surface area contributed by atoms with Gasteiger partial charge in [-0.15, -0.1) is 15.3 Å². The van der Waals surface area contributed by atoms with E-state index in [4.69, 9.17) is 4.74 Å². The van der Waals surface area contributed by atoms with Gasteiger partial charge < -0.3 is 10.1 Å². The first kappa shape index (κ1) is 19.7. The van der Waals surface area contributed by atoms with Gasteiger partial charge in [0.15, 0.2) is 11.5 Å². The molecule has 8 heteroatoms. The second-order valence-electron chi connectivity index (χ2n) is 7.89. The van der Waals surface area contributed by atoms with Crippen molar-refractivity contribution < 1.29 is 13.9 Å². The van der Waals surface area contributed by atoms with E-state index in [1.807, 2.05) is 34.6 Å². The Morgan fingerprint density at radius 1 is 1.14 bits per heavy atom. The van der Waals surface area contributed by atoms with Crippen LogP contribution in [0.2, 0.25) is 0 Å². The van der Waals surface area contributed by atoms with E-state index in [0.717, 1.165) is 0 Å². The van der Waals surface area contributed by atoms with Crippen LogP contribution >= 0.6 is 0 Å². The van der Waals surface area contributed by atoms with Crippen LogP contribution in [0, 0.1) is 11.7 Å². The van der Waals surface area contributed by atoms with Crippen molar-refractivity contribution >= 4 is 17.4 Å². The van der Waals surface area contributed by atoms with Gasteiger partial charge in [-0.1, -0.05) is 26.0 Å². The predicted octanol–water partition coefficient (Wildman–Crippen LogP) is 3.71. The molecule has 0 spiro atoms. The van der Waals surface area contributed by atoms with Crippen LogP contribution in [0.5, 0.6) is 0 Å². The molecule has 0 saturated heterocycles. The van der Waals surface area contributed by atoms with Gasteiger partial charge >= 0.3 is 5.97 Å². The van der Waals surface area contributed by atoms with Crippen molar-refractivity contribution in [3.05, 3.63) is 42.2 Å². The van der Waals surface area contributed by atoms with E-state index in [9.17, 15) is 9.18 Å². The number of rotatable bonds is 5. The Labute approximate surface area is 162 Å². The molecule has 148 valence electrons. The van der Waals surface area contributed by atoms with E-state index in [0.29, 0.717) is 17.0 Å². The molecule has 0 bridgehead atoms. The normalized spacial score (nSPS) is 13.0. The molecule has 0 fully saturated rings. The van der Waals surface area contributed by atoms with Crippen molar-refractivity contribution in [1.29, 1.82) is 0 Å². The zero-order valence-corrected chi connectivity index (χ0v) is 16.6. The minimum atomic E-state index is -0.588. The molecular formula is C20H24FN5O2. The molecule has 0 aliphatic heterocycles. The van der Waals surface area contributed by atoms with Crippen LogP contribution in [0.3, 0.4) is 0 Å². The summed E-state index contributed by atoms with van der Waals surface area (Å²) in [6, 6.07) is 9.13. The summed E-state index contributed by atoms with van der Waals surface area (Å²) in [7, 11) is 0. The van der Waals surface area contributed by atoms with Crippen molar-refractivity contribution in [1.82, 2.24) is 19.8 Å². The molecule has 0 aliphatic rings. The van der Waals surface area contributed by atoms with Crippen molar-refractivity contribution in [2.24, 2.45) is 5.92 Å². The van der Waals surface area contributed by atoms with Crippen molar-refractivity contribution in [3.63, 3.8) is 0 Å². The zero-order chi connectivity index (χ0) is 20.5. The highest BCUT2D eigenvalue weighted by Crippen LogP contribution is 2.22. The number of hydrogen-bond acceptors (Lipinski definition) is 6. The van der Waals surface area contributed by atoms with Gasteiger partial charge in [0.2, 0.25) is 0 Å². The molecule has 0 saturated carbocycles. The van der Waals surface area contributed by atoms with E-state index >= 15 is 0 Å². The predicted molar refractivity (Wildman–Crippen MR) is 104 cm³/mol. The number of esters is 1. The van der Waals surface area contributed by atoms with E-state index < -0.39 is 17.5 Å². The molecule has 1 N–H and O–H groups in total. The first-order valence-electron chi connectivity index (χ1n) is 9.12. The van der Waals surface area contributed by atoms with Gasteiger partial charge in [0, 0.05) is 0 Å². The molecule has 0 radical (unpaired) electrons. The minimum absolute atomic E-state index is 0.0284. The molecule has 3 aromatic rings. The molecule has 3 rings (SSSR count). The van der Waals surface area contributed by atoms with E-state index in [1.165, 1.54) is 10.6 Å². The maximum atomic E-state index is 14.2. The van der Waals surface area contributed by atoms with Crippen LogP contribution in [-0.2, 0) is 9.53 Å². The summed E-state index contributed by atoms with van der Waals surface area (Å²) in [5, 5.41) is 15.7. The molecular weight excluding hydrogens is 361 g/mol. The van der Waals surface area contributed by atoms with Crippen molar-refractivity contribution in [2.75, 3.05) is 5.32 Å². The number of ether oxygens (including phenoxy) is 1. The molecule has 2 heterocycles. The molecule has 7 nitrogen and oxygen atoms in total. The standard InChI is InChI=1S/C20H24FN5O2/c1-12(2)17(19(27)28-20(3,4)5)22-15-10-11-16-23-24-18(26(16)25-15)13-8-6-7-9-14(13)21/h6-12,17H,1-5H3,(H,22,25)/t17-/m1/s1. The summed E-state index contributed by atoms with van der Waals surface area (Å²) in [6.07, 6.45) is 0. The van der Waals surface area contributed by atoms with Gasteiger partial charge in [0.05, 0.1) is 5.56 Å². The Morgan fingerprint density at radius 2 is 1.86 bits per heavy atom. The Hall–Kier alpha value is -3.03. The lowest BCUT2D eigenvalue weighted by molar-refractivity contribution is -0.156. The highest BCUT2D eigenvalue weighted by Gasteiger charge is 2.28. The Kier molecular flexibility index (Phi) is 5.31. The Bertz CT molecular complexity index is 994. The number of carbonyl (C=O) groups is 1. The largest absolute Gasteiger partial charge is 0.458 e. The summed E-state index contributed by atoms with van der Waals surface area (Å²) in [4.78, 5) is 12.6. The second kappa shape index (κ2) is 7.53. The molecule has 2 aromatic heterocycles. The molecule has 28 heavy (non-hydrogen) atoms. The molecule has 0 aliphatic carbocycles. The van der Waals surface area contributed by atoms with Crippen LogP contribution in [0.25, 0.3) is 17.0 Å². The maximum absolute atomic E-state index is 14.2. The van der Waals surface area contributed by atoms with Gasteiger partial charge in [-0.2, -0.15) is 4.52 Å². The number of nitrogens with zero attached hydrogens (tertiary/aromatic N) is 4. The van der Waals surface area contributed by atoms with E-state index in [1.54, 1.807) is 30.3 Å². The third-order valence-corrected chi connectivity index (χ3v) is 4.01. The average Bonchev–Trinajstić information content (AvgIpc) is 3.01. The average molecular weight is 385 g/mol. The number of benzene rings is 1. The minimum Gasteiger partial charge on any atom is -0.458 e. The third kappa shape index (κ3) is 4.27. The summed E-state index contributed by atoms with van der Waals surface area (Å²) in [6.45, 7) is 9.31. The number of nitrogens with one attached hydrogen (secondary N) is 1. The fraction of sp³-hybridized carbons (Fsp3) is 0.400. The Morgan fingerprint density at radius 3 is 2.50 bits per heavy atom. The van der Waals surface area contributed by atoms with Gasteiger partial charge in [0.1, 0.15) is 23.3 Å². The van der Waals surface area contributed by atoms with Gasteiger partial charge in [-0.25, -0.2) is 9.18 Å². The molecule has 1 atom stereocenters. The smallest absolute Gasteiger partial charge is 0.329 e. The molecule has 0 unspecified atom stereocenters. The lowest BCUT2D eigenvalue weighted by atomic mass is 10.0. The first-order chi connectivity index (χ1) is 13.2. The van der Waals surface area contributed by atoms with Gasteiger partial charge in [0.25, 0.3) is 0 Å². The Balaban J connectivity index is 1.94. The SMILES string of the molecule is CC(C)[C@@H](Nc1ccc2nnc(-c3ccccc3F)n2n1)C(=O)OC(C)(C)C. The summed E-state index contributed by atoms with van der Waals surface area (Å²) < 4.78 is 21.1. The van der Waals surface area contributed by atoms with Crippen LogP contribution in [-0.4, -0.2) is 37.4 Å². The van der Waals surface area contributed by atoms with Crippen LogP contribution in [0.1, 0.15) is 34.6 Å². The topological polar surface area (TPSA) is 81.4 Å². The third-order valence-electron chi connectivity index (χ3n) is 4.01. The van der Waals surface area contributed by atoms with Gasteiger partial charge in [-0.05, 0) is 51.0 Å². The first-order valence-corrected chi connectivity index (χ1v) is 9.12. The van der Waals surface area contributed by atoms with E-state index in [2.05, 4.69) is 20.6 Å². The van der Waals surface area contributed by atoms with Crippen LogP contribution in [0.15, 0.2) is 36.4 Å². The number of anilines is 1.